The van der Waals surface area contributed by atoms with Crippen LogP contribution in [0.4, 0.5) is 10.5 Å². The first kappa shape index (κ1) is 40.9. The summed E-state index contributed by atoms with van der Waals surface area (Å²) in [6.07, 6.45) is 14.4. The number of allylic oxidation sites excluding steroid dienone is 7. The van der Waals surface area contributed by atoms with Gasteiger partial charge in [0.2, 0.25) is 0 Å². The monoisotopic (exact) mass is 654 g/mol. The molecule has 0 aliphatic carbocycles. The van der Waals surface area contributed by atoms with Crippen LogP contribution in [-0.2, 0) is 20.8 Å². The van der Waals surface area contributed by atoms with Gasteiger partial charge in [-0.05, 0) is 108 Å². The van der Waals surface area contributed by atoms with Gasteiger partial charge in [-0.15, -0.1) is 9.24 Å². The number of aryl methyl sites for hydroxylation is 1. The maximum absolute atomic E-state index is 12.3. The summed E-state index contributed by atoms with van der Waals surface area (Å²) in [4.78, 5) is 14.1. The van der Waals surface area contributed by atoms with E-state index in [1.807, 2.05) is 84.9 Å². The minimum atomic E-state index is -0.353. The van der Waals surface area contributed by atoms with Crippen LogP contribution >= 0.6 is 9.24 Å². The highest BCUT2D eigenvalue weighted by atomic mass is 31.0. The number of carbonyl (C=O) groups excluding carboxylic acids is 1. The molecule has 256 valence electrons. The van der Waals surface area contributed by atoms with Crippen molar-refractivity contribution < 1.29 is 24.1 Å². The molecule has 7 nitrogen and oxygen atoms in total. The van der Waals surface area contributed by atoms with Gasteiger partial charge in [0, 0.05) is 12.1 Å². The molecule has 0 bridgehead atoms. The number of aliphatic hydroxyl groups is 1. The summed E-state index contributed by atoms with van der Waals surface area (Å²) in [5.74, 6) is 1.37. The van der Waals surface area contributed by atoms with Crippen LogP contribution in [0.3, 0.4) is 0 Å². The van der Waals surface area contributed by atoms with Crippen LogP contribution < -0.4 is 10.2 Å². The van der Waals surface area contributed by atoms with Crippen molar-refractivity contribution in [3.05, 3.63) is 101 Å². The van der Waals surface area contributed by atoms with Crippen molar-refractivity contribution in [2.24, 2.45) is 0 Å². The van der Waals surface area contributed by atoms with E-state index in [2.05, 4.69) is 33.8 Å². The van der Waals surface area contributed by atoms with Gasteiger partial charge in [0.05, 0.1) is 31.9 Å². The van der Waals surface area contributed by atoms with E-state index in [1.165, 1.54) is 0 Å². The SMILES string of the molecule is C=C/C=C(\C=C/CP)C(/C(=C)OCC)=C(/C=C(C)C)OCC.CC.Cc1cc(N2CC3(CCCCNCC3)OC2=O)ccc1CO. The van der Waals surface area contributed by atoms with Crippen molar-refractivity contribution in [1.82, 2.24) is 5.32 Å². The third-order valence-corrected chi connectivity index (χ3v) is 7.63. The number of ether oxygens (including phenoxy) is 3. The van der Waals surface area contributed by atoms with E-state index < -0.39 is 0 Å². The average Bonchev–Trinajstić information content (AvgIpc) is 3.35. The molecule has 0 radical (unpaired) electrons. The zero-order chi connectivity index (χ0) is 34.5. The van der Waals surface area contributed by atoms with Gasteiger partial charge in [-0.3, -0.25) is 4.90 Å². The fourth-order valence-corrected chi connectivity index (χ4v) is 5.34. The zero-order valence-corrected chi connectivity index (χ0v) is 30.6. The van der Waals surface area contributed by atoms with Gasteiger partial charge in [-0.25, -0.2) is 4.79 Å². The Hall–Kier alpha value is -3.12. The van der Waals surface area contributed by atoms with Crippen molar-refractivity contribution in [2.75, 3.05) is 43.9 Å². The molecule has 2 aliphatic rings. The number of aliphatic hydroxyl groups excluding tert-OH is 1. The first-order valence-electron chi connectivity index (χ1n) is 16.6. The van der Waals surface area contributed by atoms with Crippen LogP contribution in [0.5, 0.6) is 0 Å². The predicted molar refractivity (Wildman–Crippen MR) is 197 cm³/mol. The van der Waals surface area contributed by atoms with Gasteiger partial charge in [0.1, 0.15) is 17.1 Å². The van der Waals surface area contributed by atoms with Crippen LogP contribution in [0.25, 0.3) is 0 Å². The van der Waals surface area contributed by atoms with Gasteiger partial charge in [0.15, 0.2) is 0 Å². The Labute approximate surface area is 281 Å². The highest BCUT2D eigenvalue weighted by Crippen LogP contribution is 2.35. The summed E-state index contributed by atoms with van der Waals surface area (Å²) >= 11 is 0. The van der Waals surface area contributed by atoms with Crippen molar-refractivity contribution in [3.8, 4) is 0 Å². The third-order valence-electron chi connectivity index (χ3n) is 7.35. The quantitative estimate of drug-likeness (QED) is 0.133. The molecule has 2 saturated heterocycles. The molecule has 2 fully saturated rings. The molecule has 1 aromatic carbocycles. The van der Waals surface area contributed by atoms with Crippen molar-refractivity contribution in [3.63, 3.8) is 0 Å². The van der Waals surface area contributed by atoms with Gasteiger partial charge in [-0.1, -0.05) is 62.9 Å². The fraction of sp³-hybridized carbons (Fsp3) is 0.500. The summed E-state index contributed by atoms with van der Waals surface area (Å²) < 4.78 is 17.3. The normalized spacial score (nSPS) is 18.6. The van der Waals surface area contributed by atoms with Crippen LogP contribution in [0.1, 0.15) is 78.4 Å². The molecular weight excluding hydrogens is 595 g/mol. The Morgan fingerprint density at radius 1 is 1.15 bits per heavy atom. The number of benzene rings is 1. The number of nitrogens with one attached hydrogen (secondary N) is 1. The van der Waals surface area contributed by atoms with Crippen LogP contribution in [-0.4, -0.2) is 55.8 Å². The minimum Gasteiger partial charge on any atom is -0.494 e. The van der Waals surface area contributed by atoms with E-state index >= 15 is 0 Å². The van der Waals surface area contributed by atoms with E-state index in [9.17, 15) is 9.90 Å². The summed E-state index contributed by atoms with van der Waals surface area (Å²) in [6, 6.07) is 5.72. The Balaban J connectivity index is 0.000000436. The number of hydrogen-bond donors (Lipinski definition) is 2. The molecule has 1 aromatic rings. The summed E-state index contributed by atoms with van der Waals surface area (Å²) in [7, 11) is 2.68. The fourth-order valence-electron chi connectivity index (χ4n) is 5.21. The van der Waals surface area contributed by atoms with Crippen molar-refractivity contribution >= 4 is 21.0 Å². The number of anilines is 1. The van der Waals surface area contributed by atoms with Crippen molar-refractivity contribution in [2.45, 2.75) is 86.4 Å². The lowest BCUT2D eigenvalue weighted by Crippen LogP contribution is -2.39. The highest BCUT2D eigenvalue weighted by molar-refractivity contribution is 7.16. The van der Waals surface area contributed by atoms with Crippen LogP contribution in [0.2, 0.25) is 0 Å². The van der Waals surface area contributed by atoms with Gasteiger partial charge >= 0.3 is 6.09 Å². The Kier molecular flexibility index (Phi) is 19.9. The summed E-state index contributed by atoms with van der Waals surface area (Å²) in [5.41, 5.74) is 5.36. The van der Waals surface area contributed by atoms with E-state index in [1.54, 1.807) is 11.0 Å². The van der Waals surface area contributed by atoms with Gasteiger partial charge in [0.25, 0.3) is 0 Å². The van der Waals surface area contributed by atoms with Crippen molar-refractivity contribution in [1.29, 1.82) is 0 Å². The summed E-state index contributed by atoms with van der Waals surface area (Å²) in [6.45, 7) is 25.5. The maximum atomic E-state index is 12.3. The Morgan fingerprint density at radius 3 is 2.46 bits per heavy atom. The second-order valence-electron chi connectivity index (χ2n) is 11.1. The lowest BCUT2D eigenvalue weighted by Gasteiger charge is -2.29. The van der Waals surface area contributed by atoms with E-state index in [4.69, 9.17) is 14.2 Å². The molecule has 46 heavy (non-hydrogen) atoms. The second-order valence-corrected chi connectivity index (χ2v) is 11.6. The molecule has 3 rings (SSSR count). The lowest BCUT2D eigenvalue weighted by molar-refractivity contribution is 0.0376. The molecule has 2 aliphatic heterocycles. The molecular formula is C38H59N2O5P. The first-order valence-corrected chi connectivity index (χ1v) is 17.4. The molecule has 1 spiro atoms. The maximum Gasteiger partial charge on any atom is 0.415 e. The van der Waals surface area contributed by atoms with E-state index in [0.29, 0.717) is 25.5 Å². The second kappa shape index (κ2) is 22.4. The van der Waals surface area contributed by atoms with E-state index in [0.717, 1.165) is 84.2 Å². The molecule has 0 aromatic heterocycles. The standard InChI is InChI=1S/C19H29O2P.C17H24N2O3.C2H6/c1-7-11-17(12-10-13-22)19(16(6)20-8-2)18(21-9-3)14-15(4)5;1-13-10-15(5-4-14(13)11-20)19-12-17(22-16(19)21)6-2-3-8-18-9-7-17;1-2/h7,10-12,14H,1,6,8-9,13,22H2,2-5H3;4-5,10,18,20H,2-3,6-9,11-12H2,1H3;1-2H3/b12-10-,17-11+,19-18-;;. The lowest BCUT2D eigenvalue weighted by atomic mass is 9.91. The van der Waals surface area contributed by atoms with Gasteiger partial charge in [-0.2, -0.15) is 0 Å². The Bertz CT molecular complexity index is 1240. The molecule has 2 N–H and O–H groups in total. The largest absolute Gasteiger partial charge is 0.494 e. The van der Waals surface area contributed by atoms with Crippen LogP contribution in [0.15, 0.2) is 90.0 Å². The first-order chi connectivity index (χ1) is 22.1. The number of rotatable bonds is 12. The number of amides is 1. The smallest absolute Gasteiger partial charge is 0.415 e. The number of nitrogens with zero attached hydrogens (tertiary/aromatic N) is 1. The molecule has 2 unspecified atom stereocenters. The average molecular weight is 655 g/mol. The Morgan fingerprint density at radius 2 is 1.87 bits per heavy atom. The topological polar surface area (TPSA) is 80.3 Å². The van der Waals surface area contributed by atoms with Gasteiger partial charge < -0.3 is 24.6 Å². The highest BCUT2D eigenvalue weighted by Gasteiger charge is 2.45. The molecule has 2 atom stereocenters. The zero-order valence-electron chi connectivity index (χ0n) is 29.4. The van der Waals surface area contributed by atoms with Crippen LogP contribution in [0, 0.1) is 6.92 Å². The minimum absolute atomic E-state index is 0.0200. The molecule has 2 heterocycles. The predicted octanol–water partition coefficient (Wildman–Crippen LogP) is 8.71. The molecule has 8 heteroatoms. The van der Waals surface area contributed by atoms with E-state index in [-0.39, 0.29) is 18.3 Å². The third kappa shape index (κ3) is 12.9. The molecule has 1 amide bonds. The number of hydrogen-bond acceptors (Lipinski definition) is 6. The number of carbonyl (C=O) groups is 1. The molecule has 0 saturated carbocycles. The summed E-state index contributed by atoms with van der Waals surface area (Å²) in [5, 5.41) is 12.7.